The number of hydrogen-bond donors (Lipinski definition) is 1. The van der Waals surface area contributed by atoms with Gasteiger partial charge in [0.05, 0.1) is 6.61 Å². The third-order valence-corrected chi connectivity index (χ3v) is 2.06. The van der Waals surface area contributed by atoms with Gasteiger partial charge >= 0.3 is 0 Å². The number of rotatable bonds is 1. The lowest BCUT2D eigenvalue weighted by molar-refractivity contribution is 0.0365. The standard InChI is InChI=1S/C7H15NO.ClH/c1-2-7(8)4-3-5-9-6-7;/h2-6,8H2,1H3;1H. The van der Waals surface area contributed by atoms with Crippen molar-refractivity contribution in [1.82, 2.24) is 0 Å². The third kappa shape index (κ3) is 2.45. The van der Waals surface area contributed by atoms with E-state index in [2.05, 4.69) is 6.92 Å². The molecule has 1 unspecified atom stereocenters. The summed E-state index contributed by atoms with van der Waals surface area (Å²) in [5, 5.41) is 0. The Bertz CT molecular complexity index is 91.6. The van der Waals surface area contributed by atoms with Crippen molar-refractivity contribution in [3.05, 3.63) is 0 Å². The molecular weight excluding hydrogens is 150 g/mol. The van der Waals surface area contributed by atoms with Gasteiger partial charge in [-0.1, -0.05) is 6.92 Å². The molecule has 1 heterocycles. The molecule has 1 aliphatic rings. The van der Waals surface area contributed by atoms with E-state index in [1.54, 1.807) is 0 Å². The summed E-state index contributed by atoms with van der Waals surface area (Å²) in [5.41, 5.74) is 5.93. The zero-order valence-corrected chi connectivity index (χ0v) is 7.25. The maximum atomic E-state index is 5.93. The highest BCUT2D eigenvalue weighted by Gasteiger charge is 2.25. The van der Waals surface area contributed by atoms with E-state index >= 15 is 0 Å². The molecule has 1 fully saturated rings. The van der Waals surface area contributed by atoms with Crippen LogP contribution < -0.4 is 5.73 Å². The van der Waals surface area contributed by atoms with Crippen molar-refractivity contribution in [2.24, 2.45) is 5.73 Å². The van der Waals surface area contributed by atoms with Crippen molar-refractivity contribution in [1.29, 1.82) is 0 Å². The largest absolute Gasteiger partial charge is 0.380 e. The smallest absolute Gasteiger partial charge is 0.0646 e. The van der Waals surface area contributed by atoms with E-state index in [-0.39, 0.29) is 17.9 Å². The molecule has 0 amide bonds. The number of hydrogen-bond acceptors (Lipinski definition) is 2. The fourth-order valence-corrected chi connectivity index (χ4v) is 1.15. The van der Waals surface area contributed by atoms with Gasteiger partial charge in [-0.3, -0.25) is 0 Å². The summed E-state index contributed by atoms with van der Waals surface area (Å²) in [7, 11) is 0. The molecule has 1 rings (SSSR count). The van der Waals surface area contributed by atoms with Gasteiger partial charge in [0.25, 0.3) is 0 Å². The van der Waals surface area contributed by atoms with Crippen LogP contribution in [0.1, 0.15) is 26.2 Å². The van der Waals surface area contributed by atoms with E-state index in [1.807, 2.05) is 0 Å². The molecule has 0 aromatic heterocycles. The van der Waals surface area contributed by atoms with Crippen molar-refractivity contribution in [3.63, 3.8) is 0 Å². The summed E-state index contributed by atoms with van der Waals surface area (Å²) in [5.74, 6) is 0. The van der Waals surface area contributed by atoms with E-state index in [4.69, 9.17) is 10.5 Å². The number of halogens is 1. The van der Waals surface area contributed by atoms with Crippen LogP contribution in [0.3, 0.4) is 0 Å². The monoisotopic (exact) mass is 165 g/mol. The first kappa shape index (κ1) is 10.2. The summed E-state index contributed by atoms with van der Waals surface area (Å²) in [6.45, 7) is 3.77. The van der Waals surface area contributed by atoms with Crippen LogP contribution in [-0.4, -0.2) is 18.8 Å². The number of ether oxygens (including phenoxy) is 1. The third-order valence-electron chi connectivity index (χ3n) is 2.06. The second-order valence-electron chi connectivity index (χ2n) is 2.87. The molecular formula is C7H16ClNO. The predicted molar refractivity (Wildman–Crippen MR) is 44.5 cm³/mol. The van der Waals surface area contributed by atoms with Crippen LogP contribution in [0.2, 0.25) is 0 Å². The van der Waals surface area contributed by atoms with E-state index in [0.717, 1.165) is 32.5 Å². The van der Waals surface area contributed by atoms with Crippen LogP contribution in [0.15, 0.2) is 0 Å². The van der Waals surface area contributed by atoms with Gasteiger partial charge in [0.15, 0.2) is 0 Å². The van der Waals surface area contributed by atoms with Gasteiger partial charge in [-0.15, -0.1) is 12.4 Å². The summed E-state index contributed by atoms with van der Waals surface area (Å²) >= 11 is 0. The Morgan fingerprint density at radius 2 is 2.30 bits per heavy atom. The van der Waals surface area contributed by atoms with Gasteiger partial charge in [0.2, 0.25) is 0 Å². The second-order valence-corrected chi connectivity index (χ2v) is 2.87. The Morgan fingerprint density at radius 1 is 1.60 bits per heavy atom. The van der Waals surface area contributed by atoms with Gasteiger partial charge in [0.1, 0.15) is 0 Å². The molecule has 2 nitrogen and oxygen atoms in total. The Labute approximate surface area is 68.5 Å². The highest BCUT2D eigenvalue weighted by atomic mass is 35.5. The molecule has 0 radical (unpaired) electrons. The molecule has 0 saturated carbocycles. The van der Waals surface area contributed by atoms with Gasteiger partial charge in [-0.2, -0.15) is 0 Å². The van der Waals surface area contributed by atoms with Crippen LogP contribution in [0.4, 0.5) is 0 Å². The predicted octanol–water partition coefficient (Wildman–Crippen LogP) is 1.33. The fraction of sp³-hybridized carbons (Fsp3) is 1.00. The van der Waals surface area contributed by atoms with Crippen molar-refractivity contribution < 1.29 is 4.74 Å². The van der Waals surface area contributed by atoms with Crippen LogP contribution in [0.25, 0.3) is 0 Å². The Hall–Kier alpha value is 0.210. The van der Waals surface area contributed by atoms with Crippen LogP contribution in [0, 0.1) is 0 Å². The molecule has 2 N–H and O–H groups in total. The minimum Gasteiger partial charge on any atom is -0.380 e. The summed E-state index contributed by atoms with van der Waals surface area (Å²) in [4.78, 5) is 0. The molecule has 1 aliphatic heterocycles. The zero-order chi connectivity index (χ0) is 6.74. The van der Waals surface area contributed by atoms with Crippen molar-refractivity contribution in [2.75, 3.05) is 13.2 Å². The second kappa shape index (κ2) is 4.16. The minimum absolute atomic E-state index is 0. The van der Waals surface area contributed by atoms with Gasteiger partial charge < -0.3 is 10.5 Å². The average Bonchev–Trinajstić information content (AvgIpc) is 1.90. The molecule has 10 heavy (non-hydrogen) atoms. The number of nitrogens with two attached hydrogens (primary N) is 1. The van der Waals surface area contributed by atoms with Crippen LogP contribution >= 0.6 is 12.4 Å². The summed E-state index contributed by atoms with van der Waals surface area (Å²) in [6.07, 6.45) is 3.29. The normalized spacial score (nSPS) is 33.0. The Balaban J connectivity index is 0.000000810. The first-order valence-electron chi connectivity index (χ1n) is 3.63. The van der Waals surface area contributed by atoms with Crippen LogP contribution in [0.5, 0.6) is 0 Å². The summed E-state index contributed by atoms with van der Waals surface area (Å²) in [6, 6.07) is 0. The Kier molecular flexibility index (Phi) is 4.25. The topological polar surface area (TPSA) is 35.2 Å². The quantitative estimate of drug-likeness (QED) is 0.636. The molecule has 0 bridgehead atoms. The van der Waals surface area contributed by atoms with Crippen molar-refractivity contribution in [2.45, 2.75) is 31.7 Å². The highest BCUT2D eigenvalue weighted by molar-refractivity contribution is 5.85. The lowest BCUT2D eigenvalue weighted by atomic mass is 9.91. The molecule has 0 aromatic carbocycles. The van der Waals surface area contributed by atoms with Gasteiger partial charge in [-0.25, -0.2) is 0 Å². The summed E-state index contributed by atoms with van der Waals surface area (Å²) < 4.78 is 5.25. The molecule has 1 atom stereocenters. The van der Waals surface area contributed by atoms with Crippen molar-refractivity contribution >= 4 is 12.4 Å². The molecule has 1 saturated heterocycles. The average molecular weight is 166 g/mol. The minimum atomic E-state index is -0.00174. The lowest BCUT2D eigenvalue weighted by Gasteiger charge is -2.31. The molecule has 62 valence electrons. The maximum Gasteiger partial charge on any atom is 0.0646 e. The Morgan fingerprint density at radius 3 is 2.60 bits per heavy atom. The SMILES string of the molecule is CCC1(N)CCCOC1.Cl. The first-order chi connectivity index (χ1) is 4.27. The zero-order valence-electron chi connectivity index (χ0n) is 6.43. The van der Waals surface area contributed by atoms with Crippen LogP contribution in [-0.2, 0) is 4.74 Å². The van der Waals surface area contributed by atoms with Crippen molar-refractivity contribution in [3.8, 4) is 0 Å². The lowest BCUT2D eigenvalue weighted by Crippen LogP contribution is -2.46. The van der Waals surface area contributed by atoms with E-state index in [1.165, 1.54) is 0 Å². The molecule has 0 spiro atoms. The maximum absolute atomic E-state index is 5.93. The highest BCUT2D eigenvalue weighted by Crippen LogP contribution is 2.18. The van der Waals surface area contributed by atoms with Gasteiger partial charge in [-0.05, 0) is 19.3 Å². The van der Waals surface area contributed by atoms with E-state index in [0.29, 0.717) is 0 Å². The first-order valence-corrected chi connectivity index (χ1v) is 3.63. The molecule has 0 aliphatic carbocycles. The van der Waals surface area contributed by atoms with Gasteiger partial charge in [0, 0.05) is 12.1 Å². The van der Waals surface area contributed by atoms with E-state index in [9.17, 15) is 0 Å². The van der Waals surface area contributed by atoms with E-state index < -0.39 is 0 Å². The molecule has 3 heteroatoms. The molecule has 0 aromatic rings. The fourth-order valence-electron chi connectivity index (χ4n) is 1.15.